The van der Waals surface area contributed by atoms with Crippen LogP contribution in [0, 0.1) is 0 Å². The highest BCUT2D eigenvalue weighted by molar-refractivity contribution is 5.75. The summed E-state index contributed by atoms with van der Waals surface area (Å²) in [5.74, 6) is -0.566. The van der Waals surface area contributed by atoms with Crippen LogP contribution in [0.1, 0.15) is 36.9 Å². The van der Waals surface area contributed by atoms with Crippen molar-refractivity contribution >= 4 is 11.8 Å². The lowest BCUT2D eigenvalue weighted by Gasteiger charge is -2.34. The van der Waals surface area contributed by atoms with Crippen molar-refractivity contribution in [1.29, 1.82) is 0 Å². The zero-order valence-electron chi connectivity index (χ0n) is 16.8. The van der Waals surface area contributed by atoms with Gasteiger partial charge >= 0.3 is 12.2 Å². The Labute approximate surface area is 176 Å². The quantitative estimate of drug-likeness (QED) is 0.755. The van der Waals surface area contributed by atoms with E-state index in [-0.39, 0.29) is 17.6 Å². The van der Waals surface area contributed by atoms with Crippen molar-refractivity contribution in [2.45, 2.75) is 50.0 Å². The third-order valence-electron chi connectivity index (χ3n) is 6.40. The van der Waals surface area contributed by atoms with Gasteiger partial charge in [-0.3, -0.25) is 4.68 Å². The summed E-state index contributed by atoms with van der Waals surface area (Å²) in [6.45, 7) is 1.82. The number of carbonyl (C=O) groups is 1. The molecule has 166 valence electrons. The summed E-state index contributed by atoms with van der Waals surface area (Å²) in [7, 11) is 0. The topological polar surface area (TPSA) is 98.3 Å². The number of nitrogens with zero attached hydrogens (tertiary/aromatic N) is 4. The number of nitrogens with two attached hydrogens (primary N) is 1. The van der Waals surface area contributed by atoms with Gasteiger partial charge in [-0.1, -0.05) is 0 Å². The number of hydrogen-bond donors (Lipinski definition) is 2. The Bertz CT molecular complexity index is 1020. The Morgan fingerprint density at radius 2 is 2.10 bits per heavy atom. The predicted octanol–water partition coefficient (Wildman–Crippen LogP) is 2.74. The van der Waals surface area contributed by atoms with E-state index in [9.17, 15) is 18.0 Å². The summed E-state index contributed by atoms with van der Waals surface area (Å²) >= 11 is 0. The van der Waals surface area contributed by atoms with Gasteiger partial charge in [-0.25, -0.2) is 9.78 Å². The molecule has 2 aromatic rings. The molecule has 1 aliphatic carbocycles. The van der Waals surface area contributed by atoms with Crippen LogP contribution >= 0.6 is 0 Å². The van der Waals surface area contributed by atoms with Crippen molar-refractivity contribution in [2.75, 3.05) is 25.4 Å². The van der Waals surface area contributed by atoms with Gasteiger partial charge in [-0.15, -0.1) is 0 Å². The van der Waals surface area contributed by atoms with Gasteiger partial charge in [0.2, 0.25) is 0 Å². The first-order valence-corrected chi connectivity index (χ1v) is 10.4. The van der Waals surface area contributed by atoms with Gasteiger partial charge < -0.3 is 20.7 Å². The smallest absolute Gasteiger partial charge is 0.383 e. The number of pyridine rings is 1. The number of rotatable bonds is 2. The van der Waals surface area contributed by atoms with Gasteiger partial charge in [0.1, 0.15) is 11.4 Å². The standard InChI is InChI=1S/C20H23F3N6O2/c21-20(22,23)14-8-12(10-25-17(14)24)15-9-16-19(31-7-6-29(16)27-15)4-5-28(11-19)18(30)26-13-2-1-3-13/h8-10,13H,1-7,11H2,(H2,24,25)(H,26,30)/t19-/m1/s1. The van der Waals surface area contributed by atoms with Crippen LogP contribution in [-0.4, -0.2) is 51.4 Å². The molecule has 1 saturated carbocycles. The Hall–Kier alpha value is -2.82. The average molecular weight is 436 g/mol. The molecule has 1 saturated heterocycles. The highest BCUT2D eigenvalue weighted by Crippen LogP contribution is 2.41. The third kappa shape index (κ3) is 3.50. The van der Waals surface area contributed by atoms with Gasteiger partial charge in [-0.05, 0) is 31.4 Å². The SMILES string of the molecule is Nc1ncc(-c2cc3n(n2)CCO[C@@]32CCN(C(=O)NC3CCC3)C2)cc1C(F)(F)F. The number of carbonyl (C=O) groups excluding carboxylic acids is 1. The molecule has 1 spiro atoms. The molecule has 1 atom stereocenters. The van der Waals surface area contributed by atoms with E-state index in [0.717, 1.165) is 31.0 Å². The van der Waals surface area contributed by atoms with Gasteiger partial charge in [0, 0.05) is 30.8 Å². The second kappa shape index (κ2) is 7.11. The van der Waals surface area contributed by atoms with Gasteiger partial charge in [-0.2, -0.15) is 18.3 Å². The maximum Gasteiger partial charge on any atom is 0.419 e. The van der Waals surface area contributed by atoms with Gasteiger partial charge in [0.05, 0.1) is 36.6 Å². The molecule has 0 unspecified atom stereocenters. The number of aromatic nitrogens is 3. The largest absolute Gasteiger partial charge is 0.419 e. The van der Waals surface area contributed by atoms with Crippen molar-refractivity contribution in [1.82, 2.24) is 25.0 Å². The minimum absolute atomic E-state index is 0.0976. The van der Waals surface area contributed by atoms with E-state index in [1.807, 2.05) is 0 Å². The molecule has 3 N–H and O–H groups in total. The van der Waals surface area contributed by atoms with Crippen LogP contribution in [0.5, 0.6) is 0 Å². The maximum atomic E-state index is 13.2. The molecule has 0 aromatic carbocycles. The Morgan fingerprint density at radius 3 is 2.81 bits per heavy atom. The fourth-order valence-electron chi connectivity index (χ4n) is 4.44. The average Bonchev–Trinajstić information content (AvgIpc) is 3.30. The van der Waals surface area contributed by atoms with Crippen molar-refractivity contribution < 1.29 is 22.7 Å². The number of anilines is 1. The van der Waals surface area contributed by atoms with Gasteiger partial charge in [0.15, 0.2) is 0 Å². The molecule has 2 aliphatic heterocycles. The van der Waals surface area contributed by atoms with Gasteiger partial charge in [0.25, 0.3) is 0 Å². The fraction of sp³-hybridized carbons (Fsp3) is 0.550. The number of ether oxygens (including phenoxy) is 1. The van der Waals surface area contributed by atoms with Crippen LogP contribution in [0.3, 0.4) is 0 Å². The molecule has 0 radical (unpaired) electrons. The van der Waals surface area contributed by atoms with Crippen LogP contribution < -0.4 is 11.1 Å². The van der Waals surface area contributed by atoms with E-state index in [0.29, 0.717) is 38.4 Å². The predicted molar refractivity (Wildman–Crippen MR) is 105 cm³/mol. The number of hydrogen-bond acceptors (Lipinski definition) is 5. The molecular weight excluding hydrogens is 413 g/mol. The fourth-order valence-corrected chi connectivity index (χ4v) is 4.44. The number of nitrogens with one attached hydrogen (secondary N) is 1. The molecule has 31 heavy (non-hydrogen) atoms. The second-order valence-corrected chi connectivity index (χ2v) is 8.38. The number of fused-ring (bicyclic) bond motifs is 2. The Kier molecular flexibility index (Phi) is 4.61. The molecule has 5 rings (SSSR count). The van der Waals surface area contributed by atoms with Crippen molar-refractivity contribution in [3.8, 4) is 11.3 Å². The van der Waals surface area contributed by atoms with E-state index in [4.69, 9.17) is 10.5 Å². The number of nitrogen functional groups attached to an aromatic ring is 1. The number of amides is 2. The summed E-state index contributed by atoms with van der Waals surface area (Å²) in [5, 5.41) is 7.55. The number of urea groups is 1. The molecular formula is C20H23F3N6O2. The summed E-state index contributed by atoms with van der Waals surface area (Å²) < 4.78 is 47.6. The molecule has 8 nitrogen and oxygen atoms in total. The third-order valence-corrected chi connectivity index (χ3v) is 6.40. The Balaban J connectivity index is 1.42. The van der Waals surface area contributed by atoms with E-state index >= 15 is 0 Å². The van der Waals surface area contributed by atoms with E-state index in [2.05, 4.69) is 15.4 Å². The monoisotopic (exact) mass is 436 g/mol. The molecule has 3 aliphatic rings. The lowest BCUT2D eigenvalue weighted by atomic mass is 9.93. The first-order valence-electron chi connectivity index (χ1n) is 10.4. The minimum Gasteiger partial charge on any atom is -0.383 e. The van der Waals surface area contributed by atoms with E-state index in [1.54, 1.807) is 15.6 Å². The number of likely N-dealkylation sites (tertiary alicyclic amines) is 1. The molecule has 4 heterocycles. The molecule has 0 bridgehead atoms. The van der Waals surface area contributed by atoms with Crippen LogP contribution in [0.4, 0.5) is 23.8 Å². The van der Waals surface area contributed by atoms with Crippen molar-refractivity contribution in [3.63, 3.8) is 0 Å². The van der Waals surface area contributed by atoms with E-state index < -0.39 is 23.2 Å². The van der Waals surface area contributed by atoms with Crippen molar-refractivity contribution in [3.05, 3.63) is 29.6 Å². The summed E-state index contributed by atoms with van der Waals surface area (Å²) in [6, 6.07) is 2.85. The summed E-state index contributed by atoms with van der Waals surface area (Å²) in [4.78, 5) is 18.0. The zero-order valence-corrected chi connectivity index (χ0v) is 16.8. The van der Waals surface area contributed by atoms with Crippen molar-refractivity contribution in [2.24, 2.45) is 0 Å². The normalized spacial score (nSPS) is 23.6. The van der Waals surface area contributed by atoms with E-state index in [1.165, 1.54) is 6.20 Å². The highest BCUT2D eigenvalue weighted by Gasteiger charge is 2.47. The van der Waals surface area contributed by atoms with Crippen LogP contribution in [0.25, 0.3) is 11.3 Å². The molecule has 11 heteroatoms. The number of halogens is 3. The molecule has 2 amide bonds. The summed E-state index contributed by atoms with van der Waals surface area (Å²) in [6.07, 6.45) is 0.440. The molecule has 2 fully saturated rings. The highest BCUT2D eigenvalue weighted by atomic mass is 19.4. The van der Waals surface area contributed by atoms with Crippen LogP contribution in [-0.2, 0) is 23.1 Å². The lowest BCUT2D eigenvalue weighted by molar-refractivity contribution is -0.137. The summed E-state index contributed by atoms with van der Waals surface area (Å²) in [5.41, 5.74) is 5.08. The van der Waals surface area contributed by atoms with Crippen LogP contribution in [0.15, 0.2) is 18.3 Å². The second-order valence-electron chi connectivity index (χ2n) is 8.38. The first kappa shape index (κ1) is 20.1. The Morgan fingerprint density at radius 1 is 1.29 bits per heavy atom. The maximum absolute atomic E-state index is 13.2. The lowest BCUT2D eigenvalue weighted by Crippen LogP contribution is -2.48. The first-order chi connectivity index (χ1) is 14.7. The number of alkyl halides is 3. The molecule has 2 aromatic heterocycles. The zero-order chi connectivity index (χ0) is 21.8. The van der Waals surface area contributed by atoms with Crippen LogP contribution in [0.2, 0.25) is 0 Å². The minimum atomic E-state index is -4.60.